The number of hydrogen-bond donors (Lipinski definition) is 0. The number of carbonyl (C=O) groups excluding carboxylic acids is 1. The molecule has 0 aliphatic heterocycles. The van der Waals surface area contributed by atoms with Crippen molar-refractivity contribution in [3.05, 3.63) is 35.9 Å². The third-order valence-corrected chi connectivity index (χ3v) is 5.19. The van der Waals surface area contributed by atoms with Gasteiger partial charge in [0, 0.05) is 0 Å². The first-order valence-electron chi connectivity index (χ1n) is 7.80. The van der Waals surface area contributed by atoms with E-state index >= 15 is 0 Å². The Hall–Kier alpha value is -0.610. The van der Waals surface area contributed by atoms with Crippen molar-refractivity contribution < 1.29 is 9.53 Å². The third-order valence-electron chi connectivity index (χ3n) is 3.43. The molecule has 0 N–H and O–H groups in total. The van der Waals surface area contributed by atoms with Gasteiger partial charge in [0.15, 0.2) is 0 Å². The highest BCUT2D eigenvalue weighted by atomic mass is 32.2. The zero-order valence-electron chi connectivity index (χ0n) is 14.0. The highest BCUT2D eigenvalue weighted by Gasteiger charge is 2.22. The second kappa shape index (κ2) is 11.0. The average Bonchev–Trinajstić information content (AvgIpc) is 2.49. The molecule has 0 fully saturated rings. The van der Waals surface area contributed by atoms with Gasteiger partial charge < -0.3 is 4.74 Å². The lowest BCUT2D eigenvalue weighted by molar-refractivity contribution is -0.147. The molecule has 0 atom stereocenters. The first kappa shape index (κ1) is 19.4. The quantitative estimate of drug-likeness (QED) is 0.417. The van der Waals surface area contributed by atoms with Gasteiger partial charge >= 0.3 is 5.97 Å². The predicted molar refractivity (Wildman–Crippen MR) is 99.6 cm³/mol. The van der Waals surface area contributed by atoms with Gasteiger partial charge in [0.2, 0.25) is 0 Å². The minimum atomic E-state index is -0.0961. The molecule has 4 heteroatoms. The van der Waals surface area contributed by atoms with Crippen LogP contribution in [-0.4, -0.2) is 29.5 Å². The van der Waals surface area contributed by atoms with Gasteiger partial charge in [-0.25, -0.2) is 0 Å². The molecule has 0 aliphatic rings. The molecule has 1 aromatic carbocycles. The van der Waals surface area contributed by atoms with E-state index in [-0.39, 0.29) is 11.4 Å². The zero-order valence-corrected chi connectivity index (χ0v) is 15.6. The molecule has 0 aliphatic carbocycles. The van der Waals surface area contributed by atoms with Crippen LogP contribution in [0.2, 0.25) is 0 Å². The summed E-state index contributed by atoms with van der Waals surface area (Å²) in [6.07, 6.45) is 4.96. The van der Waals surface area contributed by atoms with E-state index in [0.29, 0.717) is 13.0 Å². The first-order valence-corrected chi connectivity index (χ1v) is 10.3. The van der Waals surface area contributed by atoms with Crippen LogP contribution in [0.3, 0.4) is 0 Å². The van der Waals surface area contributed by atoms with Crippen molar-refractivity contribution in [1.29, 1.82) is 0 Å². The lowest BCUT2D eigenvalue weighted by atomic mass is 9.86. The van der Waals surface area contributed by atoms with Gasteiger partial charge in [-0.15, -0.1) is 0 Å². The van der Waals surface area contributed by atoms with E-state index in [1.54, 1.807) is 0 Å². The van der Waals surface area contributed by atoms with Gasteiger partial charge in [0.05, 0.1) is 6.42 Å². The van der Waals surface area contributed by atoms with Crippen LogP contribution in [0.15, 0.2) is 30.3 Å². The van der Waals surface area contributed by atoms with Crippen molar-refractivity contribution in [2.75, 3.05) is 23.5 Å². The Morgan fingerprint density at radius 1 is 1.14 bits per heavy atom. The fraction of sp³-hybridized carbons (Fsp3) is 0.611. The molecular weight excluding hydrogens is 312 g/mol. The van der Waals surface area contributed by atoms with Crippen LogP contribution in [0.4, 0.5) is 0 Å². The van der Waals surface area contributed by atoms with E-state index in [1.807, 2.05) is 53.9 Å². The molecule has 0 spiro atoms. The Labute approximate surface area is 143 Å². The predicted octanol–water partition coefficient (Wildman–Crippen LogP) is 5.02. The number of carbonyl (C=O) groups is 1. The van der Waals surface area contributed by atoms with Gasteiger partial charge in [-0.2, -0.15) is 23.5 Å². The van der Waals surface area contributed by atoms with E-state index in [1.165, 1.54) is 17.9 Å². The summed E-state index contributed by atoms with van der Waals surface area (Å²) in [6, 6.07) is 9.83. The van der Waals surface area contributed by atoms with Crippen molar-refractivity contribution in [2.45, 2.75) is 39.7 Å². The van der Waals surface area contributed by atoms with Crippen LogP contribution in [-0.2, 0) is 16.1 Å². The monoisotopic (exact) mass is 340 g/mol. The fourth-order valence-corrected chi connectivity index (χ4v) is 3.89. The number of esters is 1. The summed E-state index contributed by atoms with van der Waals surface area (Å²) in [5.74, 6) is 3.48. The molecule has 1 aromatic rings. The van der Waals surface area contributed by atoms with Crippen LogP contribution in [0, 0.1) is 5.41 Å². The van der Waals surface area contributed by atoms with Crippen molar-refractivity contribution in [3.8, 4) is 0 Å². The number of ether oxygens (including phenoxy) is 1. The Kier molecular flexibility index (Phi) is 9.73. The minimum Gasteiger partial charge on any atom is -0.461 e. The first-order chi connectivity index (χ1) is 10.5. The number of hydrogen-bond acceptors (Lipinski definition) is 4. The summed E-state index contributed by atoms with van der Waals surface area (Å²) in [7, 11) is 0. The molecular formula is C18H28O2S2. The molecule has 0 heterocycles. The second-order valence-corrected chi connectivity index (χ2v) is 8.41. The van der Waals surface area contributed by atoms with Gasteiger partial charge in [0.1, 0.15) is 6.61 Å². The van der Waals surface area contributed by atoms with Gasteiger partial charge in [-0.3, -0.25) is 4.79 Å². The third kappa shape index (κ3) is 9.42. The number of benzene rings is 1. The average molecular weight is 341 g/mol. The maximum atomic E-state index is 12.0. The Balaban J connectivity index is 2.18. The lowest BCUT2D eigenvalue weighted by Gasteiger charge is -2.23. The van der Waals surface area contributed by atoms with E-state index in [2.05, 4.69) is 20.1 Å². The molecule has 22 heavy (non-hydrogen) atoms. The molecule has 2 nitrogen and oxygen atoms in total. The molecule has 0 saturated carbocycles. The lowest BCUT2D eigenvalue weighted by Crippen LogP contribution is -2.19. The Morgan fingerprint density at radius 2 is 1.86 bits per heavy atom. The summed E-state index contributed by atoms with van der Waals surface area (Å²) >= 11 is 3.89. The van der Waals surface area contributed by atoms with Gasteiger partial charge in [0.25, 0.3) is 0 Å². The highest BCUT2D eigenvalue weighted by molar-refractivity contribution is 7.99. The fourth-order valence-electron chi connectivity index (χ4n) is 2.02. The standard InChI is InChI=1S/C18H28O2S2/c1-18(2,10-13-22-12-7-11-21-3)14-17(19)20-15-16-8-5-4-6-9-16/h4-6,8-9H,7,10-15H2,1-3H3. The molecule has 0 radical (unpaired) electrons. The molecule has 0 unspecified atom stereocenters. The SMILES string of the molecule is CSCCCSCCC(C)(C)CC(=O)OCc1ccccc1. The van der Waals surface area contributed by atoms with E-state index in [9.17, 15) is 4.79 Å². The Bertz CT molecular complexity index is 418. The van der Waals surface area contributed by atoms with Crippen molar-refractivity contribution >= 4 is 29.5 Å². The van der Waals surface area contributed by atoms with E-state index in [0.717, 1.165) is 17.7 Å². The van der Waals surface area contributed by atoms with Gasteiger partial charge in [-0.05, 0) is 47.3 Å². The highest BCUT2D eigenvalue weighted by Crippen LogP contribution is 2.28. The van der Waals surface area contributed by atoms with Crippen molar-refractivity contribution in [2.24, 2.45) is 5.41 Å². The number of rotatable bonds is 11. The maximum Gasteiger partial charge on any atom is 0.306 e. The molecule has 0 saturated heterocycles. The summed E-state index contributed by atoms with van der Waals surface area (Å²) in [4.78, 5) is 12.0. The summed E-state index contributed by atoms with van der Waals surface area (Å²) in [5, 5.41) is 0. The van der Waals surface area contributed by atoms with E-state index in [4.69, 9.17) is 4.74 Å². The van der Waals surface area contributed by atoms with E-state index < -0.39 is 0 Å². The Morgan fingerprint density at radius 3 is 2.55 bits per heavy atom. The van der Waals surface area contributed by atoms with Crippen LogP contribution >= 0.6 is 23.5 Å². The van der Waals surface area contributed by atoms with Crippen LogP contribution < -0.4 is 0 Å². The number of thioether (sulfide) groups is 2. The van der Waals surface area contributed by atoms with Crippen molar-refractivity contribution in [1.82, 2.24) is 0 Å². The van der Waals surface area contributed by atoms with Crippen LogP contribution in [0.25, 0.3) is 0 Å². The molecule has 0 bridgehead atoms. The van der Waals surface area contributed by atoms with Crippen LogP contribution in [0.1, 0.15) is 38.7 Å². The largest absolute Gasteiger partial charge is 0.461 e. The van der Waals surface area contributed by atoms with Crippen LogP contribution in [0.5, 0.6) is 0 Å². The molecule has 0 amide bonds. The summed E-state index contributed by atoms with van der Waals surface area (Å²) in [5.41, 5.74) is 1.05. The topological polar surface area (TPSA) is 26.3 Å². The minimum absolute atomic E-state index is 0.0142. The normalized spacial score (nSPS) is 11.4. The summed E-state index contributed by atoms with van der Waals surface area (Å²) < 4.78 is 5.37. The molecule has 124 valence electrons. The summed E-state index contributed by atoms with van der Waals surface area (Å²) in [6.45, 7) is 4.68. The maximum absolute atomic E-state index is 12.0. The molecule has 1 rings (SSSR count). The second-order valence-electron chi connectivity index (χ2n) is 6.20. The van der Waals surface area contributed by atoms with Gasteiger partial charge in [-0.1, -0.05) is 44.2 Å². The smallest absolute Gasteiger partial charge is 0.306 e. The molecule has 0 aromatic heterocycles. The zero-order chi connectivity index (χ0) is 16.3. The van der Waals surface area contributed by atoms with Crippen molar-refractivity contribution in [3.63, 3.8) is 0 Å².